The zero-order valence-corrected chi connectivity index (χ0v) is 8.99. The Hall–Kier alpha value is -1.48. The second-order valence-electron chi connectivity index (χ2n) is 3.95. The van der Waals surface area contributed by atoms with E-state index in [1.54, 1.807) is 10.8 Å². The van der Waals surface area contributed by atoms with Crippen LogP contribution >= 0.6 is 0 Å². The first-order valence-electron chi connectivity index (χ1n) is 5.06. The lowest BCUT2D eigenvalue weighted by atomic mass is 10.0. The Morgan fingerprint density at radius 2 is 2.27 bits per heavy atom. The minimum Gasteiger partial charge on any atom is -0.480 e. The summed E-state index contributed by atoms with van der Waals surface area (Å²) in [5, 5.41) is 12.0. The zero-order chi connectivity index (χ0) is 11.4. The first-order valence-corrected chi connectivity index (χ1v) is 5.06. The average molecular weight is 212 g/mol. The molecule has 0 aromatic carbocycles. The largest absolute Gasteiger partial charge is 0.480 e. The van der Waals surface area contributed by atoms with Crippen LogP contribution in [-0.2, 0) is 9.59 Å². The van der Waals surface area contributed by atoms with E-state index < -0.39 is 12.0 Å². The second kappa shape index (κ2) is 4.84. The van der Waals surface area contributed by atoms with E-state index in [9.17, 15) is 9.59 Å². The molecule has 84 valence electrons. The molecule has 15 heavy (non-hydrogen) atoms. The number of carbonyl (C=O) groups excluding carboxylic acids is 1. The lowest BCUT2D eigenvalue weighted by Crippen LogP contribution is -2.51. The van der Waals surface area contributed by atoms with Gasteiger partial charge in [-0.3, -0.25) is 0 Å². The first kappa shape index (κ1) is 11.6. The molecule has 5 heteroatoms. The van der Waals surface area contributed by atoms with Gasteiger partial charge in [-0.25, -0.2) is 9.59 Å². The highest BCUT2D eigenvalue weighted by atomic mass is 16.4. The molecule has 1 aliphatic rings. The van der Waals surface area contributed by atoms with Crippen molar-refractivity contribution < 1.29 is 14.7 Å². The van der Waals surface area contributed by atoms with E-state index in [1.807, 2.05) is 13.8 Å². The highest BCUT2D eigenvalue weighted by Gasteiger charge is 2.32. The molecule has 0 aromatic rings. The molecule has 1 rings (SSSR count). The molecular weight excluding hydrogens is 196 g/mol. The molecule has 1 atom stereocenters. The van der Waals surface area contributed by atoms with Gasteiger partial charge in [0.15, 0.2) is 11.8 Å². The third kappa shape index (κ3) is 2.50. The number of aliphatic carboxylic acids is 1. The summed E-state index contributed by atoms with van der Waals surface area (Å²) in [6.45, 7) is 4.95. The summed E-state index contributed by atoms with van der Waals surface area (Å²) in [5.74, 6) is 1.08. The number of hydrogen-bond acceptors (Lipinski definition) is 4. The molecule has 0 aliphatic carbocycles. The van der Waals surface area contributed by atoms with Crippen LogP contribution in [0.1, 0.15) is 20.3 Å². The molecule has 1 aliphatic heterocycles. The van der Waals surface area contributed by atoms with Crippen molar-refractivity contribution in [2.24, 2.45) is 5.92 Å². The number of nitrogens with zero attached hydrogens (tertiary/aromatic N) is 1. The fourth-order valence-corrected chi connectivity index (χ4v) is 1.82. The van der Waals surface area contributed by atoms with Gasteiger partial charge >= 0.3 is 5.97 Å². The van der Waals surface area contributed by atoms with Gasteiger partial charge in [0.2, 0.25) is 0 Å². The normalized spacial score (nSPS) is 18.3. The third-order valence-electron chi connectivity index (χ3n) is 2.47. The Bertz CT molecular complexity index is 295. The Morgan fingerprint density at radius 1 is 1.60 bits per heavy atom. The van der Waals surface area contributed by atoms with Crippen molar-refractivity contribution in [3.8, 4) is 0 Å². The van der Waals surface area contributed by atoms with Crippen molar-refractivity contribution in [1.29, 1.82) is 0 Å². The molecule has 0 bridgehead atoms. The highest BCUT2D eigenvalue weighted by Crippen LogP contribution is 2.17. The molecule has 1 saturated heterocycles. The maximum absolute atomic E-state index is 11.1. The van der Waals surface area contributed by atoms with Crippen LogP contribution in [0.5, 0.6) is 0 Å². The van der Waals surface area contributed by atoms with E-state index >= 15 is 0 Å². The van der Waals surface area contributed by atoms with Crippen LogP contribution in [0.4, 0.5) is 0 Å². The minimum atomic E-state index is -0.901. The molecule has 0 aromatic heterocycles. The summed E-state index contributed by atoms with van der Waals surface area (Å²) < 4.78 is 0. The van der Waals surface area contributed by atoms with E-state index in [4.69, 9.17) is 5.11 Å². The van der Waals surface area contributed by atoms with E-state index in [1.165, 1.54) is 0 Å². The van der Waals surface area contributed by atoms with E-state index in [0.717, 1.165) is 6.42 Å². The monoisotopic (exact) mass is 212 g/mol. The number of hydrogen-bond donors (Lipinski definition) is 2. The molecule has 0 unspecified atom stereocenters. The molecule has 0 amide bonds. The lowest BCUT2D eigenvalue weighted by Gasteiger charge is -2.36. The van der Waals surface area contributed by atoms with Gasteiger partial charge in [0.25, 0.3) is 0 Å². The van der Waals surface area contributed by atoms with E-state index in [-0.39, 0.29) is 11.7 Å². The van der Waals surface area contributed by atoms with Crippen molar-refractivity contribution in [2.75, 3.05) is 13.1 Å². The topological polar surface area (TPSA) is 69.6 Å². The van der Waals surface area contributed by atoms with Gasteiger partial charge in [0.1, 0.15) is 6.04 Å². The van der Waals surface area contributed by atoms with Gasteiger partial charge in [-0.05, 0) is 12.3 Å². The maximum Gasteiger partial charge on any atom is 0.326 e. The van der Waals surface area contributed by atoms with E-state index in [0.29, 0.717) is 13.1 Å². The van der Waals surface area contributed by atoms with Gasteiger partial charge in [-0.2, -0.15) is 0 Å². The summed E-state index contributed by atoms with van der Waals surface area (Å²) in [4.78, 5) is 23.3. The number of carboxylic acid groups (broad SMARTS) is 1. The average Bonchev–Trinajstić information content (AvgIpc) is 2.17. The molecule has 5 nitrogen and oxygen atoms in total. The van der Waals surface area contributed by atoms with Crippen LogP contribution in [-0.4, -0.2) is 41.0 Å². The Labute approximate surface area is 88.8 Å². The van der Waals surface area contributed by atoms with Gasteiger partial charge in [0.05, 0.1) is 0 Å². The van der Waals surface area contributed by atoms with Crippen molar-refractivity contribution in [1.82, 2.24) is 10.2 Å². The summed E-state index contributed by atoms with van der Waals surface area (Å²) >= 11 is 0. The standard InChI is InChI=1S/C10H16N2O3/c1-7(2)9(10(14)15)12-5-3-4-11-8(12)6-13/h7,9,11H,3-5H2,1-2H3,(H,14,15)/t9-/m0/s1. The Kier molecular flexibility index (Phi) is 3.74. The SMILES string of the molecule is CC(C)[C@@H](C(=O)O)N1CCCNC1=C=O. The molecule has 2 N–H and O–H groups in total. The first-order chi connectivity index (χ1) is 7.07. The smallest absolute Gasteiger partial charge is 0.326 e. The van der Waals surface area contributed by atoms with Gasteiger partial charge in [-0.1, -0.05) is 13.8 Å². The van der Waals surface area contributed by atoms with Crippen molar-refractivity contribution in [3.63, 3.8) is 0 Å². The highest BCUT2D eigenvalue weighted by molar-refractivity contribution is 5.74. The van der Waals surface area contributed by atoms with Crippen LogP contribution in [0.3, 0.4) is 0 Å². The Balaban J connectivity index is 2.90. The maximum atomic E-state index is 11.1. The summed E-state index contributed by atoms with van der Waals surface area (Å²) in [6, 6.07) is -0.658. The number of carbonyl (C=O) groups is 1. The molecule has 0 spiro atoms. The van der Waals surface area contributed by atoms with Crippen LogP contribution in [0.15, 0.2) is 5.82 Å². The quantitative estimate of drug-likeness (QED) is 0.648. The lowest BCUT2D eigenvalue weighted by molar-refractivity contribution is -0.144. The minimum absolute atomic E-state index is 0.0502. The van der Waals surface area contributed by atoms with Crippen LogP contribution in [0.25, 0.3) is 0 Å². The van der Waals surface area contributed by atoms with Gasteiger partial charge in [0, 0.05) is 13.1 Å². The molecule has 1 fully saturated rings. The summed E-state index contributed by atoms with van der Waals surface area (Å²) in [5.41, 5.74) is 0. The number of rotatable bonds is 3. The molecule has 1 heterocycles. The number of carboxylic acids is 1. The van der Waals surface area contributed by atoms with Crippen molar-refractivity contribution >= 4 is 11.9 Å². The van der Waals surface area contributed by atoms with Crippen molar-refractivity contribution in [2.45, 2.75) is 26.3 Å². The predicted molar refractivity (Wildman–Crippen MR) is 54.8 cm³/mol. The van der Waals surface area contributed by atoms with E-state index in [2.05, 4.69) is 5.32 Å². The third-order valence-corrected chi connectivity index (χ3v) is 2.47. The summed E-state index contributed by atoms with van der Waals surface area (Å²) in [7, 11) is 0. The fourth-order valence-electron chi connectivity index (χ4n) is 1.82. The predicted octanol–water partition coefficient (Wildman–Crippen LogP) is 0.0639. The van der Waals surface area contributed by atoms with Crippen molar-refractivity contribution in [3.05, 3.63) is 5.82 Å². The second-order valence-corrected chi connectivity index (χ2v) is 3.95. The number of nitrogens with one attached hydrogen (secondary N) is 1. The van der Waals surface area contributed by atoms with Crippen LogP contribution < -0.4 is 5.32 Å². The fraction of sp³-hybridized carbons (Fsp3) is 0.700. The molecule has 0 saturated carbocycles. The van der Waals surface area contributed by atoms with Crippen LogP contribution in [0.2, 0.25) is 0 Å². The zero-order valence-electron chi connectivity index (χ0n) is 8.99. The van der Waals surface area contributed by atoms with Gasteiger partial charge in [-0.15, -0.1) is 0 Å². The molecule has 0 radical (unpaired) electrons. The van der Waals surface area contributed by atoms with Crippen LogP contribution in [0, 0.1) is 5.92 Å². The van der Waals surface area contributed by atoms with Gasteiger partial charge < -0.3 is 15.3 Å². The molecular formula is C10H16N2O3. The Morgan fingerprint density at radius 3 is 2.73 bits per heavy atom. The summed E-state index contributed by atoms with van der Waals surface area (Å²) in [6.07, 6.45) is 0.835.